The Morgan fingerprint density at radius 2 is 1.88 bits per heavy atom. The summed E-state index contributed by atoms with van der Waals surface area (Å²) in [4.78, 5) is 4.39. The fourth-order valence-corrected chi connectivity index (χ4v) is 3.55. The number of nitrogens with one attached hydrogen (secondary N) is 1. The largest absolute Gasteiger partial charge is 0.468 e. The van der Waals surface area contributed by atoms with Gasteiger partial charge in [0, 0.05) is 11.8 Å². The summed E-state index contributed by atoms with van der Waals surface area (Å²) in [5, 5.41) is 0.816. The number of hydrogen-bond acceptors (Lipinski definition) is 4. The third kappa shape index (κ3) is 4.53. The smallest absolute Gasteiger partial charge is 0.241 e. The summed E-state index contributed by atoms with van der Waals surface area (Å²) in [6.45, 7) is 0.0704. The van der Waals surface area contributed by atoms with Crippen LogP contribution in [0, 0.1) is 0 Å². The van der Waals surface area contributed by atoms with Crippen LogP contribution in [0.25, 0.3) is 0 Å². The van der Waals surface area contributed by atoms with Crippen molar-refractivity contribution in [2.24, 2.45) is 4.99 Å². The monoisotopic (exact) mass is 408 g/mol. The lowest BCUT2D eigenvalue weighted by Gasteiger charge is -2.06. The number of furan rings is 1. The van der Waals surface area contributed by atoms with Gasteiger partial charge >= 0.3 is 0 Å². The number of aliphatic imine (C=N–C) groups is 1. The first kappa shape index (κ1) is 18.7. The van der Waals surface area contributed by atoms with E-state index in [9.17, 15) is 8.42 Å². The summed E-state index contributed by atoms with van der Waals surface area (Å²) >= 11 is 12.1. The molecule has 0 aliphatic carbocycles. The molecule has 0 aliphatic heterocycles. The molecule has 0 bridgehead atoms. The van der Waals surface area contributed by atoms with Crippen LogP contribution in [-0.4, -0.2) is 14.6 Å². The van der Waals surface area contributed by atoms with Gasteiger partial charge < -0.3 is 4.42 Å². The van der Waals surface area contributed by atoms with Crippen LogP contribution in [0.2, 0.25) is 10.0 Å². The van der Waals surface area contributed by atoms with Crippen LogP contribution in [0.1, 0.15) is 11.3 Å². The van der Waals surface area contributed by atoms with Crippen LogP contribution in [0.4, 0.5) is 5.69 Å². The van der Waals surface area contributed by atoms with Crippen molar-refractivity contribution in [1.82, 2.24) is 4.72 Å². The number of sulfonamides is 1. The molecule has 0 aliphatic rings. The summed E-state index contributed by atoms with van der Waals surface area (Å²) in [7, 11) is -3.69. The Kier molecular flexibility index (Phi) is 5.78. The van der Waals surface area contributed by atoms with Crippen molar-refractivity contribution in [3.63, 3.8) is 0 Å². The Balaban J connectivity index is 1.79. The fraction of sp³-hybridized carbons (Fsp3) is 0.0556. The van der Waals surface area contributed by atoms with Gasteiger partial charge in [-0.2, -0.15) is 0 Å². The molecule has 1 aromatic heterocycles. The topological polar surface area (TPSA) is 71.7 Å². The van der Waals surface area contributed by atoms with Gasteiger partial charge in [0.05, 0.1) is 33.4 Å². The zero-order chi connectivity index (χ0) is 18.6. The zero-order valence-electron chi connectivity index (χ0n) is 13.4. The van der Waals surface area contributed by atoms with Crippen LogP contribution in [-0.2, 0) is 16.6 Å². The average Bonchev–Trinajstić information content (AvgIpc) is 3.15. The number of nitrogens with zero attached hydrogens (tertiary/aromatic N) is 1. The standard InChI is InChI=1S/C18H14Cl2N2O3S/c19-17-8-1-4-13(18(17)20)11-21-14-5-2-7-16(10-14)26(23,24)22-12-15-6-3-9-25-15/h1-11,22H,12H2. The van der Waals surface area contributed by atoms with Gasteiger partial charge in [0.2, 0.25) is 10.0 Å². The molecule has 0 fully saturated rings. The Labute approximate surface area is 161 Å². The highest BCUT2D eigenvalue weighted by atomic mass is 35.5. The predicted molar refractivity (Wildman–Crippen MR) is 103 cm³/mol. The Morgan fingerprint density at radius 3 is 2.65 bits per heavy atom. The van der Waals surface area contributed by atoms with Crippen molar-refractivity contribution in [3.05, 3.63) is 82.2 Å². The minimum atomic E-state index is -3.69. The van der Waals surface area contributed by atoms with Crippen molar-refractivity contribution >= 4 is 45.1 Å². The lowest BCUT2D eigenvalue weighted by Crippen LogP contribution is -2.22. The molecule has 0 saturated carbocycles. The molecule has 3 aromatic rings. The SMILES string of the molecule is O=S(=O)(NCc1ccco1)c1cccc(N=Cc2cccc(Cl)c2Cl)c1. The van der Waals surface area contributed by atoms with E-state index >= 15 is 0 Å². The number of hydrogen-bond donors (Lipinski definition) is 1. The Bertz CT molecular complexity index is 1030. The second-order valence-corrected chi connectivity index (χ2v) is 7.85. The first-order valence-corrected chi connectivity index (χ1v) is 9.80. The summed E-state index contributed by atoms with van der Waals surface area (Å²) in [6, 6.07) is 14.9. The van der Waals surface area contributed by atoms with Crippen molar-refractivity contribution < 1.29 is 12.8 Å². The van der Waals surface area contributed by atoms with Crippen LogP contribution in [0.5, 0.6) is 0 Å². The van der Waals surface area contributed by atoms with E-state index in [4.69, 9.17) is 27.6 Å². The molecule has 0 spiro atoms. The number of rotatable bonds is 6. The molecule has 134 valence electrons. The normalized spacial score (nSPS) is 11.9. The summed E-state index contributed by atoms with van der Waals surface area (Å²) in [5.74, 6) is 0.526. The number of benzene rings is 2. The second-order valence-electron chi connectivity index (χ2n) is 5.30. The summed E-state index contributed by atoms with van der Waals surface area (Å²) in [6.07, 6.45) is 3.02. The second kappa shape index (κ2) is 8.05. The average molecular weight is 409 g/mol. The Morgan fingerprint density at radius 1 is 1.08 bits per heavy atom. The molecule has 0 saturated heterocycles. The third-order valence-electron chi connectivity index (χ3n) is 3.48. The molecule has 1 heterocycles. The molecular weight excluding hydrogens is 395 g/mol. The fourth-order valence-electron chi connectivity index (χ4n) is 2.16. The van der Waals surface area contributed by atoms with Crippen LogP contribution >= 0.6 is 23.2 Å². The first-order valence-electron chi connectivity index (χ1n) is 7.56. The van der Waals surface area contributed by atoms with Gasteiger partial charge in [-0.25, -0.2) is 13.1 Å². The highest BCUT2D eigenvalue weighted by Crippen LogP contribution is 2.25. The molecule has 0 amide bonds. The molecule has 5 nitrogen and oxygen atoms in total. The van der Waals surface area contributed by atoms with E-state index in [2.05, 4.69) is 9.71 Å². The first-order chi connectivity index (χ1) is 12.5. The van der Waals surface area contributed by atoms with Gasteiger partial charge in [0.1, 0.15) is 5.76 Å². The van der Waals surface area contributed by atoms with Crippen LogP contribution in [0.3, 0.4) is 0 Å². The van der Waals surface area contributed by atoms with Gasteiger partial charge in [0.15, 0.2) is 0 Å². The predicted octanol–water partition coefficient (Wildman–Crippen LogP) is 4.82. The van der Waals surface area contributed by atoms with Crippen molar-refractivity contribution in [3.8, 4) is 0 Å². The third-order valence-corrected chi connectivity index (χ3v) is 5.71. The minimum Gasteiger partial charge on any atom is -0.468 e. The van der Waals surface area contributed by atoms with Crippen molar-refractivity contribution in [2.45, 2.75) is 11.4 Å². The summed E-state index contributed by atoms with van der Waals surface area (Å²) in [5.41, 5.74) is 1.12. The highest BCUT2D eigenvalue weighted by molar-refractivity contribution is 7.89. The van der Waals surface area contributed by atoms with Gasteiger partial charge in [-0.1, -0.05) is 41.4 Å². The van der Waals surface area contributed by atoms with E-state index in [1.807, 2.05) is 0 Å². The van der Waals surface area contributed by atoms with Gasteiger partial charge in [-0.15, -0.1) is 0 Å². The van der Waals surface area contributed by atoms with E-state index in [1.165, 1.54) is 24.6 Å². The van der Waals surface area contributed by atoms with Gasteiger partial charge in [-0.05, 0) is 36.4 Å². The van der Waals surface area contributed by atoms with Crippen molar-refractivity contribution in [2.75, 3.05) is 0 Å². The molecule has 8 heteroatoms. The molecular formula is C18H14Cl2N2O3S. The van der Waals surface area contributed by atoms with Gasteiger partial charge in [-0.3, -0.25) is 4.99 Å². The molecule has 3 rings (SSSR count). The summed E-state index contributed by atoms with van der Waals surface area (Å²) < 4.78 is 32.4. The van der Waals surface area contributed by atoms with E-state index in [-0.39, 0.29) is 11.4 Å². The van der Waals surface area contributed by atoms with Crippen LogP contribution in [0.15, 0.2) is 75.2 Å². The maximum absolute atomic E-state index is 12.4. The molecule has 0 unspecified atom stereocenters. The van der Waals surface area contributed by atoms with Gasteiger partial charge in [0.25, 0.3) is 0 Å². The maximum atomic E-state index is 12.4. The molecule has 2 aromatic carbocycles. The minimum absolute atomic E-state index is 0.0704. The Hall–Kier alpha value is -2.12. The molecule has 0 radical (unpaired) electrons. The maximum Gasteiger partial charge on any atom is 0.241 e. The van der Waals surface area contributed by atoms with Crippen LogP contribution < -0.4 is 4.72 Å². The van der Waals surface area contributed by atoms with Crippen molar-refractivity contribution in [1.29, 1.82) is 0 Å². The highest BCUT2D eigenvalue weighted by Gasteiger charge is 2.14. The number of halogens is 2. The van der Waals surface area contributed by atoms with E-state index < -0.39 is 10.0 Å². The van der Waals surface area contributed by atoms with E-state index in [0.717, 1.165) is 0 Å². The van der Waals surface area contributed by atoms with E-state index in [0.29, 0.717) is 27.1 Å². The lowest BCUT2D eigenvalue weighted by molar-refractivity contribution is 0.498. The molecule has 1 N–H and O–H groups in total. The lowest BCUT2D eigenvalue weighted by atomic mass is 10.2. The molecule has 26 heavy (non-hydrogen) atoms. The van der Waals surface area contributed by atoms with E-state index in [1.54, 1.807) is 42.5 Å². The zero-order valence-corrected chi connectivity index (χ0v) is 15.7. The quantitative estimate of drug-likeness (QED) is 0.594. The molecule has 0 atom stereocenters.